The molecule has 0 spiro atoms. The average Bonchev–Trinajstić information content (AvgIpc) is 2.99. The minimum absolute atomic E-state index is 0.0270. The third-order valence-corrected chi connectivity index (χ3v) is 5.23. The summed E-state index contributed by atoms with van der Waals surface area (Å²) in [6.07, 6.45) is 6.25. The van der Waals surface area contributed by atoms with Gasteiger partial charge in [-0.05, 0) is 63.1 Å². The normalized spacial score (nSPS) is 26.5. The predicted octanol–water partition coefficient (Wildman–Crippen LogP) is 1.16. The molecule has 6 heteroatoms. The Morgan fingerprint density at radius 3 is 2.83 bits per heavy atom. The predicted molar refractivity (Wildman–Crippen MR) is 88.1 cm³/mol. The molecule has 2 fully saturated rings. The van der Waals surface area contributed by atoms with Crippen molar-refractivity contribution < 1.29 is 9.90 Å². The first-order valence-electron chi connectivity index (χ1n) is 8.90. The number of aliphatic hydroxyl groups excluding tert-OH is 1. The van der Waals surface area contributed by atoms with Crippen molar-refractivity contribution in [3.63, 3.8) is 0 Å². The van der Waals surface area contributed by atoms with E-state index in [0.29, 0.717) is 17.5 Å². The number of piperidine rings is 1. The van der Waals surface area contributed by atoms with E-state index >= 15 is 0 Å². The summed E-state index contributed by atoms with van der Waals surface area (Å²) in [4.78, 5) is 12.7. The molecule has 1 amide bonds. The average molecular weight is 320 g/mol. The van der Waals surface area contributed by atoms with Gasteiger partial charge in [-0.25, -0.2) is 0 Å². The van der Waals surface area contributed by atoms with Crippen molar-refractivity contribution in [1.29, 1.82) is 0 Å². The van der Waals surface area contributed by atoms with Gasteiger partial charge >= 0.3 is 0 Å². The molecule has 1 aliphatic carbocycles. The van der Waals surface area contributed by atoms with Crippen LogP contribution in [0, 0.1) is 11.8 Å². The van der Waals surface area contributed by atoms with Gasteiger partial charge in [-0.2, -0.15) is 5.10 Å². The van der Waals surface area contributed by atoms with Gasteiger partial charge < -0.3 is 15.7 Å². The van der Waals surface area contributed by atoms with Crippen LogP contribution < -0.4 is 10.6 Å². The third kappa shape index (κ3) is 3.75. The van der Waals surface area contributed by atoms with E-state index in [1.807, 2.05) is 0 Å². The minimum Gasteiger partial charge on any atom is -0.393 e. The molecule has 6 nitrogen and oxygen atoms in total. The fourth-order valence-corrected chi connectivity index (χ4v) is 3.89. The molecule has 1 aromatic heterocycles. The highest BCUT2D eigenvalue weighted by molar-refractivity contribution is 5.92. The molecule has 1 atom stereocenters. The van der Waals surface area contributed by atoms with Crippen LogP contribution in [0.25, 0.3) is 0 Å². The van der Waals surface area contributed by atoms with Gasteiger partial charge in [0, 0.05) is 18.8 Å². The number of amides is 1. The van der Waals surface area contributed by atoms with Gasteiger partial charge in [-0.15, -0.1) is 0 Å². The summed E-state index contributed by atoms with van der Waals surface area (Å²) < 4.78 is 1.78. The van der Waals surface area contributed by atoms with Crippen LogP contribution in [0.5, 0.6) is 0 Å². The van der Waals surface area contributed by atoms with Crippen molar-refractivity contribution in [3.05, 3.63) is 18.0 Å². The summed E-state index contributed by atoms with van der Waals surface area (Å²) in [5.74, 6) is 0.876. The van der Waals surface area contributed by atoms with Crippen LogP contribution in [-0.4, -0.2) is 46.0 Å². The number of carbonyl (C=O) groups is 1. The highest BCUT2D eigenvalue weighted by Crippen LogP contribution is 2.35. The number of hydrogen-bond donors (Lipinski definition) is 3. The molecule has 0 bridgehead atoms. The van der Waals surface area contributed by atoms with Crippen molar-refractivity contribution in [2.45, 2.75) is 57.7 Å². The molecule has 2 aliphatic rings. The molecule has 23 heavy (non-hydrogen) atoms. The molecule has 1 saturated heterocycles. The van der Waals surface area contributed by atoms with E-state index in [9.17, 15) is 9.90 Å². The lowest BCUT2D eigenvalue weighted by Gasteiger charge is -2.43. The molecule has 128 valence electrons. The van der Waals surface area contributed by atoms with Crippen LogP contribution in [0.3, 0.4) is 0 Å². The van der Waals surface area contributed by atoms with Crippen LogP contribution in [0.1, 0.15) is 49.5 Å². The van der Waals surface area contributed by atoms with Gasteiger partial charge in [0.2, 0.25) is 0 Å². The summed E-state index contributed by atoms with van der Waals surface area (Å²) >= 11 is 0. The van der Waals surface area contributed by atoms with Gasteiger partial charge in [-0.1, -0.05) is 6.92 Å². The second-order valence-corrected chi connectivity index (χ2v) is 6.91. The Morgan fingerprint density at radius 2 is 2.17 bits per heavy atom. The maximum atomic E-state index is 12.7. The molecule has 0 aromatic carbocycles. The largest absolute Gasteiger partial charge is 0.393 e. The summed E-state index contributed by atoms with van der Waals surface area (Å²) in [7, 11) is 0. The van der Waals surface area contributed by atoms with Gasteiger partial charge in [0.1, 0.15) is 5.69 Å². The number of rotatable bonds is 6. The molecule has 1 aromatic rings. The highest BCUT2D eigenvalue weighted by Gasteiger charge is 2.39. The number of aryl methyl sites for hydroxylation is 1. The number of nitrogens with one attached hydrogen (secondary N) is 2. The zero-order chi connectivity index (χ0) is 16.2. The van der Waals surface area contributed by atoms with Crippen molar-refractivity contribution in [1.82, 2.24) is 20.4 Å². The molecular weight excluding hydrogens is 292 g/mol. The molecule has 2 heterocycles. The number of nitrogens with zero attached hydrogens (tertiary/aromatic N) is 2. The first kappa shape index (κ1) is 16.5. The lowest BCUT2D eigenvalue weighted by atomic mass is 9.71. The number of aliphatic hydroxyl groups is 1. The lowest BCUT2D eigenvalue weighted by Crippen LogP contribution is -2.53. The summed E-state index contributed by atoms with van der Waals surface area (Å²) in [6.45, 7) is 4.87. The molecule has 1 unspecified atom stereocenters. The fraction of sp³-hybridized carbons (Fsp3) is 0.765. The van der Waals surface area contributed by atoms with Crippen molar-refractivity contribution in [2.24, 2.45) is 11.8 Å². The topological polar surface area (TPSA) is 79.2 Å². The molecule has 1 saturated carbocycles. The third-order valence-electron chi connectivity index (χ3n) is 5.23. The fourth-order valence-electron chi connectivity index (χ4n) is 3.89. The van der Waals surface area contributed by atoms with E-state index in [4.69, 9.17) is 0 Å². The SMILES string of the molecule is CCCn1nccc1C(=O)NC(C1CCNCC1)C1CC(O)C1. The van der Waals surface area contributed by atoms with E-state index in [-0.39, 0.29) is 18.1 Å². The van der Waals surface area contributed by atoms with E-state index in [1.54, 1.807) is 16.9 Å². The number of aromatic nitrogens is 2. The van der Waals surface area contributed by atoms with Crippen LogP contribution in [0.4, 0.5) is 0 Å². The Balaban J connectivity index is 1.69. The van der Waals surface area contributed by atoms with E-state index in [1.165, 1.54) is 0 Å². The van der Waals surface area contributed by atoms with Crippen molar-refractivity contribution >= 4 is 5.91 Å². The van der Waals surface area contributed by atoms with Crippen molar-refractivity contribution in [2.75, 3.05) is 13.1 Å². The zero-order valence-corrected chi connectivity index (χ0v) is 13.9. The first-order chi connectivity index (χ1) is 11.2. The molecule has 1 aliphatic heterocycles. The monoisotopic (exact) mass is 320 g/mol. The number of hydrogen-bond acceptors (Lipinski definition) is 4. The lowest BCUT2D eigenvalue weighted by molar-refractivity contribution is 0.00906. The summed E-state index contributed by atoms with van der Waals surface area (Å²) in [5, 5.41) is 20.6. The van der Waals surface area contributed by atoms with Gasteiger partial charge in [-0.3, -0.25) is 9.48 Å². The minimum atomic E-state index is -0.188. The molecular formula is C17H28N4O2. The van der Waals surface area contributed by atoms with Gasteiger partial charge in [0.25, 0.3) is 5.91 Å². The Morgan fingerprint density at radius 1 is 1.43 bits per heavy atom. The van der Waals surface area contributed by atoms with Crippen LogP contribution in [0.2, 0.25) is 0 Å². The first-order valence-corrected chi connectivity index (χ1v) is 8.90. The maximum absolute atomic E-state index is 12.7. The zero-order valence-electron chi connectivity index (χ0n) is 13.9. The summed E-state index contributed by atoms with van der Waals surface area (Å²) in [6, 6.07) is 1.96. The Bertz CT molecular complexity index is 518. The van der Waals surface area contributed by atoms with E-state index < -0.39 is 0 Å². The van der Waals surface area contributed by atoms with Crippen LogP contribution in [-0.2, 0) is 6.54 Å². The Labute approximate surface area is 137 Å². The number of carbonyl (C=O) groups excluding carboxylic acids is 1. The van der Waals surface area contributed by atoms with Crippen molar-refractivity contribution in [3.8, 4) is 0 Å². The van der Waals surface area contributed by atoms with Gasteiger partial charge in [0.15, 0.2) is 0 Å². The van der Waals surface area contributed by atoms with E-state index in [0.717, 1.165) is 51.7 Å². The van der Waals surface area contributed by atoms with Crippen LogP contribution in [0.15, 0.2) is 12.3 Å². The molecule has 3 N–H and O–H groups in total. The standard InChI is InChI=1S/C17H28N4O2/c1-2-9-21-15(5-8-19-21)17(23)20-16(13-10-14(22)11-13)12-3-6-18-7-4-12/h5,8,12-14,16,18,22H,2-4,6-7,9-11H2,1H3,(H,20,23). The second-order valence-electron chi connectivity index (χ2n) is 6.91. The summed E-state index contributed by atoms with van der Waals surface area (Å²) in [5.41, 5.74) is 0.644. The Kier molecular flexibility index (Phi) is 5.33. The van der Waals surface area contributed by atoms with E-state index in [2.05, 4.69) is 22.7 Å². The maximum Gasteiger partial charge on any atom is 0.269 e. The smallest absolute Gasteiger partial charge is 0.269 e. The van der Waals surface area contributed by atoms with Crippen LogP contribution >= 0.6 is 0 Å². The highest BCUT2D eigenvalue weighted by atomic mass is 16.3. The second kappa shape index (κ2) is 7.45. The molecule has 3 rings (SSSR count). The Hall–Kier alpha value is -1.40. The molecule has 0 radical (unpaired) electrons. The quantitative estimate of drug-likeness (QED) is 0.735. The van der Waals surface area contributed by atoms with Gasteiger partial charge in [0.05, 0.1) is 6.10 Å².